The molecule has 0 spiro atoms. The maximum Gasteiger partial charge on any atom is 0.410 e. The lowest BCUT2D eigenvalue weighted by atomic mass is 9.98. The van der Waals surface area contributed by atoms with E-state index in [0.717, 1.165) is 27.2 Å². The zero-order chi connectivity index (χ0) is 26.7. The van der Waals surface area contributed by atoms with Crippen molar-refractivity contribution in [1.82, 2.24) is 15.5 Å². The third kappa shape index (κ3) is 6.02. The molecule has 0 aromatic heterocycles. The Morgan fingerprint density at radius 1 is 1.00 bits per heavy atom. The molecule has 4 rings (SSSR count). The van der Waals surface area contributed by atoms with Crippen LogP contribution in [0.15, 0.2) is 48.5 Å². The molecule has 196 valence electrons. The Kier molecular flexibility index (Phi) is 7.37. The topological polar surface area (TPSA) is 134 Å². The summed E-state index contributed by atoms with van der Waals surface area (Å²) in [6, 6.07) is 13.4. The van der Waals surface area contributed by atoms with E-state index in [-0.39, 0.29) is 32.0 Å². The fourth-order valence-electron chi connectivity index (χ4n) is 4.82. The summed E-state index contributed by atoms with van der Waals surface area (Å²) in [6.45, 7) is 4.83. The van der Waals surface area contributed by atoms with Crippen molar-refractivity contribution in [3.05, 3.63) is 59.7 Å². The van der Waals surface area contributed by atoms with Crippen molar-refractivity contribution < 1.29 is 33.8 Å². The predicted molar refractivity (Wildman–Crippen MR) is 134 cm³/mol. The first-order valence-electron chi connectivity index (χ1n) is 12.1. The maximum absolute atomic E-state index is 13.0. The van der Waals surface area contributed by atoms with E-state index in [2.05, 4.69) is 10.6 Å². The van der Waals surface area contributed by atoms with Crippen molar-refractivity contribution in [1.29, 1.82) is 0 Å². The number of nitrogens with one attached hydrogen (secondary N) is 2. The van der Waals surface area contributed by atoms with Crippen molar-refractivity contribution in [3.63, 3.8) is 0 Å². The lowest BCUT2D eigenvalue weighted by Crippen LogP contribution is -2.46. The molecule has 2 aromatic rings. The standard InChI is InChI=1S/C27H31N3O7/c1-27(2,3)37-23(31)13-28-25(34)29-16-12-22(24(32)33)30(14-16)26(35)36-15-21-19-10-6-4-8-17(19)18-9-5-7-11-20(18)21/h4-11,16,21-22H,12-15H2,1-3H3,(H,32,33)(H2,28,29,34)/t16-,22-/m1/s1. The van der Waals surface area contributed by atoms with Crippen LogP contribution < -0.4 is 10.6 Å². The highest BCUT2D eigenvalue weighted by Gasteiger charge is 2.42. The molecule has 10 nitrogen and oxygen atoms in total. The van der Waals surface area contributed by atoms with Gasteiger partial charge in [-0.25, -0.2) is 14.4 Å². The number of ether oxygens (including phenoxy) is 2. The van der Waals surface area contributed by atoms with Gasteiger partial charge in [0, 0.05) is 18.9 Å². The second-order valence-electron chi connectivity index (χ2n) is 10.2. The molecule has 3 N–H and O–H groups in total. The van der Waals surface area contributed by atoms with E-state index in [1.165, 1.54) is 0 Å². The van der Waals surface area contributed by atoms with Gasteiger partial charge in [0.25, 0.3) is 0 Å². The van der Waals surface area contributed by atoms with E-state index in [0.29, 0.717) is 0 Å². The third-order valence-electron chi connectivity index (χ3n) is 6.31. The van der Waals surface area contributed by atoms with Gasteiger partial charge in [-0.1, -0.05) is 48.5 Å². The number of aliphatic carboxylic acids is 1. The average Bonchev–Trinajstić information content (AvgIpc) is 3.40. The molecule has 2 atom stereocenters. The summed E-state index contributed by atoms with van der Waals surface area (Å²) in [5, 5.41) is 14.7. The van der Waals surface area contributed by atoms with Gasteiger partial charge in [0.15, 0.2) is 0 Å². The van der Waals surface area contributed by atoms with Gasteiger partial charge in [-0.15, -0.1) is 0 Å². The van der Waals surface area contributed by atoms with Crippen molar-refractivity contribution in [3.8, 4) is 11.1 Å². The summed E-state index contributed by atoms with van der Waals surface area (Å²) in [6.07, 6.45) is -0.743. The van der Waals surface area contributed by atoms with Crippen LogP contribution in [0.5, 0.6) is 0 Å². The molecule has 1 aliphatic carbocycles. The van der Waals surface area contributed by atoms with Gasteiger partial charge in [-0.2, -0.15) is 0 Å². The van der Waals surface area contributed by atoms with Crippen LogP contribution in [0.4, 0.5) is 9.59 Å². The number of hydrogen-bond acceptors (Lipinski definition) is 6. The molecule has 1 aliphatic heterocycles. The van der Waals surface area contributed by atoms with E-state index < -0.39 is 41.7 Å². The van der Waals surface area contributed by atoms with Gasteiger partial charge in [-0.05, 0) is 43.0 Å². The normalized spacial score (nSPS) is 18.5. The molecule has 0 radical (unpaired) electrons. The Morgan fingerprint density at radius 3 is 2.16 bits per heavy atom. The summed E-state index contributed by atoms with van der Waals surface area (Å²) in [5.74, 6) is -1.94. The number of carboxylic acids is 1. The highest BCUT2D eigenvalue weighted by Crippen LogP contribution is 2.44. The molecule has 2 aliphatic rings. The quantitative estimate of drug-likeness (QED) is 0.510. The summed E-state index contributed by atoms with van der Waals surface area (Å²) in [4.78, 5) is 50.0. The van der Waals surface area contributed by atoms with E-state index in [1.807, 2.05) is 48.5 Å². The minimum absolute atomic E-state index is 0.0133. The smallest absolute Gasteiger partial charge is 0.410 e. The van der Waals surface area contributed by atoms with Gasteiger partial charge in [-0.3, -0.25) is 9.69 Å². The summed E-state index contributed by atoms with van der Waals surface area (Å²) < 4.78 is 10.8. The Hall–Kier alpha value is -4.08. The second-order valence-corrected chi connectivity index (χ2v) is 10.2. The molecular formula is C27H31N3O7. The van der Waals surface area contributed by atoms with Gasteiger partial charge in [0.1, 0.15) is 24.8 Å². The number of amides is 3. The number of fused-ring (bicyclic) bond motifs is 3. The van der Waals surface area contributed by atoms with Crippen molar-refractivity contribution in [2.24, 2.45) is 0 Å². The highest BCUT2D eigenvalue weighted by molar-refractivity contribution is 5.83. The molecule has 1 heterocycles. The number of carboxylic acid groups (broad SMARTS) is 1. The molecular weight excluding hydrogens is 478 g/mol. The number of carbonyl (C=O) groups is 4. The molecule has 10 heteroatoms. The molecule has 2 aromatic carbocycles. The van der Waals surface area contributed by atoms with Crippen LogP contribution in [0, 0.1) is 0 Å². The number of urea groups is 1. The van der Waals surface area contributed by atoms with Gasteiger partial charge >= 0.3 is 24.1 Å². The first-order valence-corrected chi connectivity index (χ1v) is 12.1. The highest BCUT2D eigenvalue weighted by atomic mass is 16.6. The molecule has 0 unspecified atom stereocenters. The largest absolute Gasteiger partial charge is 0.480 e. The first-order chi connectivity index (χ1) is 17.5. The third-order valence-corrected chi connectivity index (χ3v) is 6.31. The zero-order valence-corrected chi connectivity index (χ0v) is 21.0. The van der Waals surface area contributed by atoms with Gasteiger partial charge in [0.2, 0.25) is 0 Å². The molecule has 3 amide bonds. The van der Waals surface area contributed by atoms with Crippen LogP contribution in [0.2, 0.25) is 0 Å². The van der Waals surface area contributed by atoms with Gasteiger partial charge < -0.3 is 25.2 Å². The Labute approximate surface area is 214 Å². The Bertz CT molecular complexity index is 1160. The van der Waals surface area contributed by atoms with E-state index >= 15 is 0 Å². The van der Waals surface area contributed by atoms with E-state index in [1.54, 1.807) is 20.8 Å². The van der Waals surface area contributed by atoms with Crippen LogP contribution in [-0.4, -0.2) is 71.5 Å². The van der Waals surface area contributed by atoms with Gasteiger partial charge in [0.05, 0.1) is 6.04 Å². The minimum atomic E-state index is -1.19. The average molecular weight is 510 g/mol. The first kappa shape index (κ1) is 26.0. The van der Waals surface area contributed by atoms with Crippen LogP contribution >= 0.6 is 0 Å². The lowest BCUT2D eigenvalue weighted by molar-refractivity contribution is -0.153. The number of nitrogens with zero attached hydrogens (tertiary/aromatic N) is 1. The van der Waals surface area contributed by atoms with Crippen molar-refractivity contribution in [2.75, 3.05) is 19.7 Å². The fraction of sp³-hybridized carbons (Fsp3) is 0.407. The van der Waals surface area contributed by atoms with Crippen LogP contribution in [0.1, 0.15) is 44.2 Å². The number of benzene rings is 2. The van der Waals surface area contributed by atoms with Crippen molar-refractivity contribution in [2.45, 2.75) is 50.8 Å². The number of hydrogen-bond donors (Lipinski definition) is 3. The lowest BCUT2D eigenvalue weighted by Gasteiger charge is -2.22. The summed E-state index contributed by atoms with van der Waals surface area (Å²) in [7, 11) is 0. The van der Waals surface area contributed by atoms with Crippen LogP contribution in [-0.2, 0) is 19.1 Å². The minimum Gasteiger partial charge on any atom is -0.480 e. The molecule has 37 heavy (non-hydrogen) atoms. The fourth-order valence-corrected chi connectivity index (χ4v) is 4.82. The molecule has 0 bridgehead atoms. The number of esters is 1. The summed E-state index contributed by atoms with van der Waals surface area (Å²) >= 11 is 0. The second kappa shape index (κ2) is 10.5. The van der Waals surface area contributed by atoms with E-state index in [9.17, 15) is 24.3 Å². The predicted octanol–water partition coefficient (Wildman–Crippen LogP) is 3.10. The monoisotopic (exact) mass is 509 g/mol. The Balaban J connectivity index is 1.35. The number of carbonyl (C=O) groups excluding carboxylic acids is 3. The summed E-state index contributed by atoms with van der Waals surface area (Å²) in [5.41, 5.74) is 3.59. The zero-order valence-electron chi connectivity index (χ0n) is 21.0. The maximum atomic E-state index is 13.0. The van der Waals surface area contributed by atoms with Crippen LogP contribution in [0.3, 0.4) is 0 Å². The SMILES string of the molecule is CC(C)(C)OC(=O)CNC(=O)N[C@@H]1C[C@H](C(=O)O)N(C(=O)OCC2c3ccccc3-c3ccccc32)C1. The molecule has 1 fully saturated rings. The van der Waals surface area contributed by atoms with Crippen LogP contribution in [0.25, 0.3) is 11.1 Å². The number of likely N-dealkylation sites (tertiary alicyclic amines) is 1. The van der Waals surface area contributed by atoms with Crippen molar-refractivity contribution >= 4 is 24.1 Å². The molecule has 0 saturated carbocycles. The Morgan fingerprint density at radius 2 is 1.59 bits per heavy atom. The number of rotatable bonds is 6. The van der Waals surface area contributed by atoms with E-state index in [4.69, 9.17) is 9.47 Å². The molecule has 1 saturated heterocycles.